The fraction of sp³-hybridized carbons (Fsp3) is 1.00. The van der Waals surface area contributed by atoms with Crippen molar-refractivity contribution in [3.05, 3.63) is 0 Å². The third-order valence-electron chi connectivity index (χ3n) is 1.25. The maximum Gasteiger partial charge on any atom is 0.314 e. The predicted octanol–water partition coefficient (Wildman–Crippen LogP) is 4.72. The summed E-state index contributed by atoms with van der Waals surface area (Å²) in [7, 11) is 0. The van der Waals surface area contributed by atoms with Gasteiger partial charge in [-0.25, -0.2) is 0 Å². The summed E-state index contributed by atoms with van der Waals surface area (Å²) in [5.41, 5.74) is 0. The summed E-state index contributed by atoms with van der Waals surface area (Å²) in [6, 6.07) is 0. The van der Waals surface area contributed by atoms with E-state index in [2.05, 4.69) is 13.8 Å². The van der Waals surface area contributed by atoms with Gasteiger partial charge in [0.25, 0.3) is 0 Å². The van der Waals surface area contributed by atoms with Crippen LogP contribution >= 0.6 is 40.3 Å². The van der Waals surface area contributed by atoms with Crippen molar-refractivity contribution < 1.29 is 9.09 Å². The van der Waals surface area contributed by atoms with E-state index in [-0.39, 0.29) is 0 Å². The van der Waals surface area contributed by atoms with Crippen molar-refractivity contribution in [1.29, 1.82) is 0 Å². The standard InChI is InChI=1S/C8H19O2PS3/c1-5-10-11(9,13-7-3)14-8(4)12-6-2/h8H,5-7H2,1-4H3. The Labute approximate surface area is 99.7 Å². The molecule has 6 heteroatoms. The lowest BCUT2D eigenvalue weighted by Crippen LogP contribution is -1.92. The van der Waals surface area contributed by atoms with Crippen molar-refractivity contribution >= 4 is 40.3 Å². The predicted molar refractivity (Wildman–Crippen MR) is 72.5 cm³/mol. The first-order valence-corrected chi connectivity index (χ1v) is 10.5. The molecule has 2 atom stereocenters. The Hall–Kier alpha value is 1.24. The lowest BCUT2D eigenvalue weighted by atomic mass is 10.9. The zero-order chi connectivity index (χ0) is 11.0. The maximum absolute atomic E-state index is 12.2. The van der Waals surface area contributed by atoms with Crippen molar-refractivity contribution in [2.45, 2.75) is 32.3 Å². The number of thioether (sulfide) groups is 1. The van der Waals surface area contributed by atoms with E-state index in [1.165, 1.54) is 22.8 Å². The highest BCUT2D eigenvalue weighted by Crippen LogP contribution is 2.71. The molecular weight excluding hydrogens is 255 g/mol. The van der Waals surface area contributed by atoms with Gasteiger partial charge in [0.1, 0.15) is 0 Å². The molecule has 0 N–H and O–H groups in total. The molecule has 0 aliphatic heterocycles. The second-order valence-corrected chi connectivity index (χ2v) is 12.2. The first-order valence-electron chi connectivity index (χ1n) is 4.77. The van der Waals surface area contributed by atoms with Crippen LogP contribution in [0.4, 0.5) is 0 Å². The molecule has 0 aromatic rings. The number of hydrogen-bond acceptors (Lipinski definition) is 5. The minimum atomic E-state index is -2.49. The van der Waals surface area contributed by atoms with Crippen LogP contribution in [0.2, 0.25) is 0 Å². The Bertz CT molecular complexity index is 179. The van der Waals surface area contributed by atoms with E-state index in [9.17, 15) is 4.57 Å². The summed E-state index contributed by atoms with van der Waals surface area (Å²) < 4.78 is 17.9. The van der Waals surface area contributed by atoms with Crippen LogP contribution in [0.25, 0.3) is 0 Å². The monoisotopic (exact) mass is 274 g/mol. The van der Waals surface area contributed by atoms with Gasteiger partial charge in [0.15, 0.2) is 0 Å². The van der Waals surface area contributed by atoms with E-state index in [1.54, 1.807) is 0 Å². The van der Waals surface area contributed by atoms with E-state index in [0.717, 1.165) is 11.5 Å². The zero-order valence-electron chi connectivity index (χ0n) is 9.19. The molecule has 0 spiro atoms. The van der Waals surface area contributed by atoms with Gasteiger partial charge >= 0.3 is 5.77 Å². The summed E-state index contributed by atoms with van der Waals surface area (Å²) in [5, 5.41) is 0. The fourth-order valence-corrected chi connectivity index (χ4v) is 11.2. The first kappa shape index (κ1) is 15.2. The molecule has 86 valence electrons. The van der Waals surface area contributed by atoms with E-state index in [0.29, 0.717) is 11.2 Å². The quantitative estimate of drug-likeness (QED) is 0.471. The van der Waals surface area contributed by atoms with Crippen LogP contribution in [0.5, 0.6) is 0 Å². The van der Waals surface area contributed by atoms with Crippen LogP contribution in [-0.4, -0.2) is 22.7 Å². The molecule has 0 fully saturated rings. The zero-order valence-corrected chi connectivity index (χ0v) is 12.5. The van der Waals surface area contributed by atoms with Crippen molar-refractivity contribution in [2.24, 2.45) is 0 Å². The van der Waals surface area contributed by atoms with Gasteiger partial charge in [-0.1, -0.05) is 25.2 Å². The molecule has 0 aliphatic carbocycles. The molecular formula is C8H19O2PS3. The summed E-state index contributed by atoms with van der Waals surface area (Å²) >= 11 is 4.73. The molecule has 0 heterocycles. The van der Waals surface area contributed by atoms with Gasteiger partial charge in [-0.15, -0.1) is 11.8 Å². The summed E-state index contributed by atoms with van der Waals surface area (Å²) in [5.74, 6) is -0.599. The average Bonchev–Trinajstić information content (AvgIpc) is 2.04. The van der Waals surface area contributed by atoms with Gasteiger partial charge in [0.05, 0.1) is 11.2 Å². The molecule has 0 radical (unpaired) electrons. The highest BCUT2D eigenvalue weighted by Gasteiger charge is 2.26. The summed E-state index contributed by atoms with van der Waals surface area (Å²) in [6.07, 6.45) is 0. The molecule has 14 heavy (non-hydrogen) atoms. The largest absolute Gasteiger partial charge is 0.314 e. The van der Waals surface area contributed by atoms with E-state index in [1.807, 2.05) is 25.6 Å². The molecule has 2 unspecified atom stereocenters. The second kappa shape index (κ2) is 8.40. The maximum atomic E-state index is 12.2. The Morgan fingerprint density at radius 3 is 2.36 bits per heavy atom. The van der Waals surface area contributed by atoms with E-state index >= 15 is 0 Å². The molecule has 0 rings (SSSR count). The summed E-state index contributed by atoms with van der Waals surface area (Å²) in [4.78, 5) is 0. The number of rotatable bonds is 8. The van der Waals surface area contributed by atoms with Crippen molar-refractivity contribution in [3.63, 3.8) is 0 Å². The van der Waals surface area contributed by atoms with E-state index < -0.39 is 5.77 Å². The molecule has 0 saturated carbocycles. The van der Waals surface area contributed by atoms with Gasteiger partial charge < -0.3 is 4.52 Å². The van der Waals surface area contributed by atoms with Crippen LogP contribution in [-0.2, 0) is 9.09 Å². The van der Waals surface area contributed by atoms with Gasteiger partial charge in [-0.3, -0.25) is 4.57 Å². The topological polar surface area (TPSA) is 26.3 Å². The molecule has 0 bridgehead atoms. The average molecular weight is 274 g/mol. The highest BCUT2D eigenvalue weighted by atomic mass is 33.1. The van der Waals surface area contributed by atoms with Gasteiger partial charge in [0.2, 0.25) is 0 Å². The normalized spacial score (nSPS) is 17.7. The van der Waals surface area contributed by atoms with Crippen LogP contribution < -0.4 is 0 Å². The Morgan fingerprint density at radius 2 is 1.93 bits per heavy atom. The van der Waals surface area contributed by atoms with E-state index in [4.69, 9.17) is 4.52 Å². The van der Waals surface area contributed by atoms with Crippen molar-refractivity contribution in [1.82, 2.24) is 0 Å². The van der Waals surface area contributed by atoms with Crippen molar-refractivity contribution in [2.75, 3.05) is 18.1 Å². The number of hydrogen-bond donors (Lipinski definition) is 0. The molecule has 0 aliphatic rings. The van der Waals surface area contributed by atoms with Crippen LogP contribution in [0, 0.1) is 0 Å². The van der Waals surface area contributed by atoms with Gasteiger partial charge in [-0.2, -0.15) is 0 Å². The van der Waals surface area contributed by atoms with Gasteiger partial charge in [-0.05, 0) is 31.0 Å². The molecule has 2 nitrogen and oxygen atoms in total. The van der Waals surface area contributed by atoms with Gasteiger partial charge in [0, 0.05) is 5.75 Å². The Kier molecular flexibility index (Phi) is 9.14. The molecule has 0 saturated heterocycles. The minimum absolute atomic E-state index is 0.344. The smallest absolute Gasteiger partial charge is 0.314 e. The third-order valence-corrected chi connectivity index (χ3v) is 10.7. The minimum Gasteiger partial charge on any atom is -0.314 e. The molecule has 0 aromatic heterocycles. The van der Waals surface area contributed by atoms with Crippen LogP contribution in [0.3, 0.4) is 0 Å². The second-order valence-electron chi connectivity index (χ2n) is 2.41. The molecule has 0 amide bonds. The fourth-order valence-electron chi connectivity index (χ4n) is 0.861. The molecule has 0 aromatic carbocycles. The summed E-state index contributed by atoms with van der Waals surface area (Å²) in [6.45, 7) is 8.62. The lowest BCUT2D eigenvalue weighted by molar-refractivity contribution is 0.357. The Balaban J connectivity index is 4.13. The highest BCUT2D eigenvalue weighted by molar-refractivity contribution is 8.90. The van der Waals surface area contributed by atoms with Crippen LogP contribution in [0.1, 0.15) is 27.7 Å². The Morgan fingerprint density at radius 1 is 1.29 bits per heavy atom. The van der Waals surface area contributed by atoms with Crippen molar-refractivity contribution in [3.8, 4) is 0 Å². The third kappa shape index (κ3) is 6.67. The lowest BCUT2D eigenvalue weighted by Gasteiger charge is -2.18. The van der Waals surface area contributed by atoms with Crippen LogP contribution in [0.15, 0.2) is 0 Å². The SMILES string of the molecule is CCOP(=O)(SCC)SC(C)SCC. The first-order chi connectivity index (χ1) is 6.58.